The van der Waals surface area contributed by atoms with Crippen molar-refractivity contribution < 1.29 is 19.5 Å². The predicted octanol–water partition coefficient (Wildman–Crippen LogP) is 0.922. The van der Waals surface area contributed by atoms with Crippen LogP contribution in [0.15, 0.2) is 0 Å². The average Bonchev–Trinajstić information content (AvgIpc) is 2.85. The van der Waals surface area contributed by atoms with Crippen LogP contribution in [-0.2, 0) is 21.4 Å². The molecule has 8 nitrogen and oxygen atoms in total. The van der Waals surface area contributed by atoms with Crippen LogP contribution in [-0.4, -0.2) is 69.2 Å². The van der Waals surface area contributed by atoms with E-state index in [0.29, 0.717) is 19.4 Å². The van der Waals surface area contributed by atoms with Gasteiger partial charge in [-0.25, -0.2) is 0 Å². The number of rotatable bonds is 5. The summed E-state index contributed by atoms with van der Waals surface area (Å²) in [5.74, 6) is -2.14. The lowest BCUT2D eigenvalue weighted by Crippen LogP contribution is -2.47. The molecule has 1 saturated heterocycles. The molecule has 2 amide bonds. The van der Waals surface area contributed by atoms with Crippen LogP contribution in [0.2, 0.25) is 0 Å². The van der Waals surface area contributed by atoms with Gasteiger partial charge in [-0.05, 0) is 33.6 Å². The molecule has 1 aliphatic rings. The summed E-state index contributed by atoms with van der Waals surface area (Å²) in [6.45, 7) is 6.32. The predicted molar refractivity (Wildman–Crippen MR) is 95.7 cm³/mol. The minimum Gasteiger partial charge on any atom is -0.481 e. The number of carboxylic acid groups (broad SMARTS) is 1. The normalized spacial score (nSPS) is 18.5. The van der Waals surface area contributed by atoms with Gasteiger partial charge in [-0.2, -0.15) is 5.10 Å². The molecule has 1 N–H and O–H groups in total. The summed E-state index contributed by atoms with van der Waals surface area (Å²) in [4.78, 5) is 39.4. The van der Waals surface area contributed by atoms with Crippen LogP contribution in [0.4, 0.5) is 0 Å². The van der Waals surface area contributed by atoms with Crippen molar-refractivity contribution in [3.63, 3.8) is 0 Å². The molecule has 2 heterocycles. The first-order valence-electron chi connectivity index (χ1n) is 8.89. The number of likely N-dealkylation sites (tertiary alicyclic amines) is 1. The second kappa shape index (κ2) is 7.88. The van der Waals surface area contributed by atoms with Gasteiger partial charge >= 0.3 is 5.97 Å². The minimum atomic E-state index is -0.872. The number of aromatic nitrogens is 2. The monoisotopic (exact) mass is 364 g/mol. The van der Waals surface area contributed by atoms with Crippen LogP contribution in [0.25, 0.3) is 0 Å². The number of hydrogen-bond donors (Lipinski definition) is 1. The summed E-state index contributed by atoms with van der Waals surface area (Å²) in [6, 6.07) is 0. The molecule has 8 heteroatoms. The van der Waals surface area contributed by atoms with Gasteiger partial charge in [0.1, 0.15) is 0 Å². The zero-order chi connectivity index (χ0) is 19.6. The van der Waals surface area contributed by atoms with E-state index >= 15 is 0 Å². The molecule has 26 heavy (non-hydrogen) atoms. The maximum Gasteiger partial charge on any atom is 0.308 e. The van der Waals surface area contributed by atoms with E-state index in [9.17, 15) is 14.4 Å². The van der Waals surface area contributed by atoms with E-state index < -0.39 is 17.8 Å². The van der Waals surface area contributed by atoms with Crippen molar-refractivity contribution in [1.82, 2.24) is 19.6 Å². The summed E-state index contributed by atoms with van der Waals surface area (Å²) in [7, 11) is 3.45. The number of carbonyl (C=O) groups is 3. The van der Waals surface area contributed by atoms with Crippen molar-refractivity contribution in [2.75, 3.05) is 26.7 Å². The van der Waals surface area contributed by atoms with Gasteiger partial charge in [0.2, 0.25) is 11.8 Å². The highest BCUT2D eigenvalue weighted by atomic mass is 16.4. The van der Waals surface area contributed by atoms with Crippen molar-refractivity contribution in [2.24, 2.45) is 13.0 Å². The molecule has 2 atom stereocenters. The molecule has 2 unspecified atom stereocenters. The molecule has 1 fully saturated rings. The van der Waals surface area contributed by atoms with E-state index in [-0.39, 0.29) is 24.9 Å². The molecule has 144 valence electrons. The Balaban J connectivity index is 2.02. The zero-order valence-corrected chi connectivity index (χ0v) is 16.2. The summed E-state index contributed by atoms with van der Waals surface area (Å²) in [6.07, 6.45) is 1.26. The lowest BCUT2D eigenvalue weighted by atomic mass is 9.97. The highest BCUT2D eigenvalue weighted by Gasteiger charge is 2.30. The zero-order valence-electron chi connectivity index (χ0n) is 16.2. The highest BCUT2D eigenvalue weighted by Crippen LogP contribution is 2.24. The Labute approximate surface area is 153 Å². The number of nitrogens with zero attached hydrogens (tertiary/aromatic N) is 4. The van der Waals surface area contributed by atoms with Crippen molar-refractivity contribution in [3.05, 3.63) is 17.0 Å². The average molecular weight is 364 g/mol. The molecule has 0 saturated carbocycles. The number of aliphatic carboxylic acids is 1. The fraction of sp³-hybridized carbons (Fsp3) is 0.667. The quantitative estimate of drug-likeness (QED) is 0.838. The third kappa shape index (κ3) is 4.05. The van der Waals surface area contributed by atoms with Crippen LogP contribution in [0, 0.1) is 19.8 Å². The lowest BCUT2D eigenvalue weighted by Gasteiger charge is -2.32. The maximum absolute atomic E-state index is 12.8. The largest absolute Gasteiger partial charge is 0.481 e. The fourth-order valence-electron chi connectivity index (χ4n) is 3.66. The van der Waals surface area contributed by atoms with Crippen LogP contribution in [0.1, 0.15) is 42.6 Å². The van der Waals surface area contributed by atoms with Gasteiger partial charge in [0.25, 0.3) is 0 Å². The summed E-state index contributed by atoms with van der Waals surface area (Å²) < 4.78 is 1.75. The van der Waals surface area contributed by atoms with Gasteiger partial charge in [-0.3, -0.25) is 19.1 Å². The number of amides is 2. The van der Waals surface area contributed by atoms with Gasteiger partial charge in [0, 0.05) is 38.4 Å². The molecular weight excluding hydrogens is 336 g/mol. The first-order valence-corrected chi connectivity index (χ1v) is 8.89. The molecule has 2 rings (SSSR count). The topological polar surface area (TPSA) is 95.7 Å². The number of aryl methyl sites for hydroxylation is 2. The van der Waals surface area contributed by atoms with E-state index in [1.165, 1.54) is 4.90 Å². The molecule has 0 spiro atoms. The highest BCUT2D eigenvalue weighted by molar-refractivity contribution is 5.88. The van der Waals surface area contributed by atoms with Crippen molar-refractivity contribution >= 4 is 17.8 Å². The van der Waals surface area contributed by atoms with Gasteiger partial charge in [0.15, 0.2) is 0 Å². The SMILES string of the molecule is Cc1nn(C)c(C)c1C(C)C(=O)N(C)CC(=O)N1CCCC(C(=O)O)C1. The van der Waals surface area contributed by atoms with E-state index in [1.807, 2.05) is 27.8 Å². The molecular formula is C18H28N4O4. The Bertz CT molecular complexity index is 712. The smallest absolute Gasteiger partial charge is 0.308 e. The third-order valence-electron chi connectivity index (χ3n) is 5.24. The minimum absolute atomic E-state index is 0.0477. The maximum atomic E-state index is 12.8. The lowest BCUT2D eigenvalue weighted by molar-refractivity contribution is -0.147. The molecule has 0 radical (unpaired) electrons. The number of likely N-dealkylation sites (N-methyl/N-ethyl adjacent to an activating group) is 1. The number of carboxylic acids is 1. The van der Waals surface area contributed by atoms with Gasteiger partial charge in [-0.15, -0.1) is 0 Å². The molecule has 0 aliphatic carbocycles. The second-order valence-corrected chi connectivity index (χ2v) is 7.14. The van der Waals surface area contributed by atoms with Gasteiger partial charge < -0.3 is 14.9 Å². The van der Waals surface area contributed by atoms with Crippen molar-refractivity contribution in [1.29, 1.82) is 0 Å². The van der Waals surface area contributed by atoms with Crippen LogP contribution in [0.5, 0.6) is 0 Å². The Morgan fingerprint density at radius 3 is 2.54 bits per heavy atom. The summed E-state index contributed by atoms with van der Waals surface area (Å²) in [5.41, 5.74) is 2.63. The molecule has 0 aromatic carbocycles. The third-order valence-corrected chi connectivity index (χ3v) is 5.24. The Kier molecular flexibility index (Phi) is 6.05. The fourth-order valence-corrected chi connectivity index (χ4v) is 3.66. The Morgan fingerprint density at radius 2 is 2.00 bits per heavy atom. The Morgan fingerprint density at radius 1 is 1.35 bits per heavy atom. The molecule has 1 aromatic heterocycles. The summed E-state index contributed by atoms with van der Waals surface area (Å²) >= 11 is 0. The van der Waals surface area contributed by atoms with Crippen LogP contribution >= 0.6 is 0 Å². The van der Waals surface area contributed by atoms with E-state index in [1.54, 1.807) is 16.6 Å². The molecule has 1 aromatic rings. The second-order valence-electron chi connectivity index (χ2n) is 7.14. The van der Waals surface area contributed by atoms with Crippen LogP contribution < -0.4 is 0 Å². The van der Waals surface area contributed by atoms with Crippen molar-refractivity contribution in [3.8, 4) is 0 Å². The standard InChI is InChI=1S/C18H28N4O4/c1-11(16-12(2)19-21(5)13(16)3)17(24)20(4)10-15(23)22-8-6-7-14(9-22)18(25)26/h11,14H,6-10H2,1-5H3,(H,25,26). The first kappa shape index (κ1) is 19.9. The number of piperidine rings is 1. The van der Waals surface area contributed by atoms with E-state index in [0.717, 1.165) is 17.0 Å². The summed E-state index contributed by atoms with van der Waals surface area (Å²) in [5, 5.41) is 13.5. The van der Waals surface area contributed by atoms with E-state index in [4.69, 9.17) is 5.11 Å². The number of hydrogen-bond acceptors (Lipinski definition) is 4. The molecule has 0 bridgehead atoms. The first-order chi connectivity index (χ1) is 12.1. The molecule has 1 aliphatic heterocycles. The van der Waals surface area contributed by atoms with Crippen molar-refractivity contribution in [2.45, 2.75) is 39.5 Å². The van der Waals surface area contributed by atoms with Gasteiger partial charge in [-0.1, -0.05) is 0 Å². The number of carbonyl (C=O) groups excluding carboxylic acids is 2. The van der Waals surface area contributed by atoms with Crippen LogP contribution in [0.3, 0.4) is 0 Å². The van der Waals surface area contributed by atoms with Gasteiger partial charge in [0.05, 0.1) is 24.1 Å². The van der Waals surface area contributed by atoms with E-state index in [2.05, 4.69) is 5.10 Å². The Hall–Kier alpha value is -2.38.